The first kappa shape index (κ1) is 19.4. The average Bonchev–Trinajstić information content (AvgIpc) is 2.56. The molecule has 0 aliphatic heterocycles. The predicted octanol–water partition coefficient (Wildman–Crippen LogP) is 3.09. The number of benzene rings is 1. The Hall–Kier alpha value is -1.94. The zero-order valence-corrected chi connectivity index (χ0v) is 16.7. The molecule has 0 aromatic heterocycles. The summed E-state index contributed by atoms with van der Waals surface area (Å²) in [5.74, 6) is 0.115. The summed E-state index contributed by atoms with van der Waals surface area (Å²) in [6.07, 6.45) is 4.23. The zero-order chi connectivity index (χ0) is 18.7. The molecule has 132 valence electrons. The largest absolute Gasteiger partial charge is 0.630 e. The van der Waals surface area contributed by atoms with Crippen LogP contribution in [0, 0.1) is 5.21 Å². The van der Waals surface area contributed by atoms with Crippen molar-refractivity contribution in [1.29, 1.82) is 0 Å². The Morgan fingerprint density at radius 1 is 1.36 bits per heavy atom. The van der Waals surface area contributed by atoms with Gasteiger partial charge in [0.1, 0.15) is 0 Å². The smallest absolute Gasteiger partial charge is 0.414 e. The highest BCUT2D eigenvalue weighted by Gasteiger charge is 2.32. The van der Waals surface area contributed by atoms with Gasteiger partial charge in [0, 0.05) is 45.5 Å². The van der Waals surface area contributed by atoms with Crippen molar-refractivity contribution >= 4 is 55.0 Å². The number of nitrogens with two attached hydrogens (primary N) is 1. The molecule has 7 nitrogen and oxygen atoms in total. The number of allylic oxidation sites excluding steroid dienone is 4. The van der Waals surface area contributed by atoms with Crippen molar-refractivity contribution in [3.05, 3.63) is 62.4 Å². The Kier molecular flexibility index (Phi) is 6.17. The second-order valence-corrected chi connectivity index (χ2v) is 6.99. The van der Waals surface area contributed by atoms with Crippen molar-refractivity contribution in [2.24, 2.45) is 0 Å². The molecule has 0 atom stereocenters. The molecule has 9 heteroatoms. The minimum Gasteiger partial charge on any atom is -0.630 e. The monoisotopic (exact) mass is 472 g/mol. The van der Waals surface area contributed by atoms with Crippen LogP contribution in [0.5, 0.6) is 0 Å². The van der Waals surface area contributed by atoms with Gasteiger partial charge in [-0.25, -0.2) is 4.79 Å². The Labute approximate surface area is 161 Å². The molecule has 0 spiro atoms. The predicted molar refractivity (Wildman–Crippen MR) is 100 cm³/mol. The third-order valence-corrected chi connectivity index (χ3v) is 5.13. The summed E-state index contributed by atoms with van der Waals surface area (Å²) in [7, 11) is 3.09. The fourth-order valence-electron chi connectivity index (χ4n) is 2.03. The maximum atomic E-state index is 11.9. The minimum absolute atomic E-state index is 0.115. The molecular weight excluding hydrogens is 458 g/mol. The molecule has 1 aliphatic carbocycles. The van der Waals surface area contributed by atoms with Crippen LogP contribution in [0.3, 0.4) is 0 Å². The van der Waals surface area contributed by atoms with Crippen LogP contribution in [0.15, 0.2) is 57.2 Å². The molecule has 3 N–H and O–H groups in total. The molecule has 2 rings (SSSR count). The third-order valence-electron chi connectivity index (χ3n) is 3.28. The van der Waals surface area contributed by atoms with Gasteiger partial charge in [0.2, 0.25) is 11.4 Å². The highest BCUT2D eigenvalue weighted by atomic mass is 79.9. The van der Waals surface area contributed by atoms with Gasteiger partial charge in [0.05, 0.1) is 0 Å². The van der Waals surface area contributed by atoms with E-state index in [1.54, 1.807) is 38.4 Å². The lowest BCUT2D eigenvalue weighted by atomic mass is 10.0. The third kappa shape index (κ3) is 4.18. The number of nitrogens with zero attached hydrogens (tertiary/aromatic N) is 2. The molecule has 0 radical (unpaired) electrons. The Balaban J connectivity index is 2.60. The molecule has 0 bridgehead atoms. The van der Waals surface area contributed by atoms with Crippen molar-refractivity contribution in [2.75, 3.05) is 14.1 Å². The Morgan fingerprint density at radius 3 is 2.60 bits per heavy atom. The van der Waals surface area contributed by atoms with Gasteiger partial charge in [-0.2, -0.15) is 0 Å². The van der Waals surface area contributed by atoms with Crippen molar-refractivity contribution < 1.29 is 25.0 Å². The second kappa shape index (κ2) is 7.96. The lowest BCUT2D eigenvalue weighted by molar-refractivity contribution is -0.716. The number of ether oxygens (including phenoxy) is 1. The van der Waals surface area contributed by atoms with Crippen LogP contribution in [-0.4, -0.2) is 40.7 Å². The van der Waals surface area contributed by atoms with E-state index in [1.807, 2.05) is 0 Å². The van der Waals surface area contributed by atoms with E-state index in [1.165, 1.54) is 11.0 Å². The number of amides is 1. The van der Waals surface area contributed by atoms with E-state index in [2.05, 4.69) is 38.4 Å². The highest BCUT2D eigenvalue weighted by molar-refractivity contribution is 9.13. The molecule has 1 aromatic rings. The van der Waals surface area contributed by atoms with Gasteiger partial charge < -0.3 is 20.3 Å². The second-order valence-electron chi connectivity index (χ2n) is 5.28. The lowest BCUT2D eigenvalue weighted by Crippen LogP contribution is -2.70. The Bertz CT molecular complexity index is 829. The normalized spacial score (nSPS) is 15.7. The summed E-state index contributed by atoms with van der Waals surface area (Å²) < 4.78 is 7.37. The van der Waals surface area contributed by atoms with Crippen LogP contribution in [-0.2, 0) is 4.74 Å². The van der Waals surface area contributed by atoms with Gasteiger partial charge >= 0.3 is 17.5 Å². The van der Waals surface area contributed by atoms with Gasteiger partial charge in [-0.3, -0.25) is 5.21 Å². The van der Waals surface area contributed by atoms with E-state index in [9.17, 15) is 15.2 Å². The van der Waals surface area contributed by atoms with Gasteiger partial charge in [-0.1, -0.05) is 12.7 Å². The van der Waals surface area contributed by atoms with Crippen molar-refractivity contribution in [1.82, 2.24) is 4.90 Å². The Morgan fingerprint density at radius 2 is 2.00 bits per heavy atom. The van der Waals surface area contributed by atoms with E-state index >= 15 is 0 Å². The van der Waals surface area contributed by atoms with E-state index < -0.39 is 6.09 Å². The van der Waals surface area contributed by atoms with Crippen LogP contribution < -0.4 is 5.48 Å². The first-order chi connectivity index (χ1) is 11.8. The van der Waals surface area contributed by atoms with Crippen LogP contribution in [0.25, 0.3) is 0 Å². The topological polar surface area (TPSA) is 92.5 Å². The lowest BCUT2D eigenvalue weighted by Gasteiger charge is -2.15. The van der Waals surface area contributed by atoms with Crippen molar-refractivity contribution in [2.45, 2.75) is 0 Å². The first-order valence-corrected chi connectivity index (χ1v) is 8.62. The molecule has 0 fully saturated rings. The number of hydrogen-bond acceptors (Lipinski definition) is 4. The number of hydrogen-bond donors (Lipinski definition) is 2. The number of carbonyl (C=O) groups excluding carboxylic acids is 1. The molecule has 0 unspecified atom stereocenters. The fourth-order valence-corrected chi connectivity index (χ4v) is 2.72. The summed E-state index contributed by atoms with van der Waals surface area (Å²) in [5.41, 5.74) is 1.65. The van der Waals surface area contributed by atoms with E-state index in [-0.39, 0.29) is 22.8 Å². The molecule has 1 aromatic carbocycles. The fraction of sp³-hybridized carbons (Fsp3) is 0.125. The SMILES string of the molecule is C=C1C=CC=C(OC(=O)N(C)C)/C1=[N+](\O)c1cc(Br)c(Br)cc1[NH2+][O-]. The number of quaternary nitrogens is 1. The first-order valence-electron chi connectivity index (χ1n) is 7.03. The summed E-state index contributed by atoms with van der Waals surface area (Å²) >= 11 is 6.65. The zero-order valence-electron chi connectivity index (χ0n) is 13.5. The molecule has 1 amide bonds. The van der Waals surface area contributed by atoms with Crippen LogP contribution >= 0.6 is 31.9 Å². The molecule has 0 saturated heterocycles. The minimum atomic E-state index is -0.604. The standard InChI is InChI=1S/C16H16Br2N3O4/c1-9-5-4-6-14(25-16(22)20(2)3)15(9)21(24)13-8-11(18)10(17)7-12(13)19-23/h4-8,24H,1,19H2,2-3H3/q+1/b21-15-. The van der Waals surface area contributed by atoms with Crippen molar-refractivity contribution in [3.8, 4) is 0 Å². The highest BCUT2D eigenvalue weighted by Crippen LogP contribution is 2.33. The molecule has 25 heavy (non-hydrogen) atoms. The number of rotatable bonds is 3. The quantitative estimate of drug-likeness (QED) is 0.305. The van der Waals surface area contributed by atoms with Crippen LogP contribution in [0.2, 0.25) is 0 Å². The summed E-state index contributed by atoms with van der Waals surface area (Å²) in [6, 6.07) is 3.13. The molecule has 0 heterocycles. The van der Waals surface area contributed by atoms with Crippen LogP contribution in [0.4, 0.5) is 16.2 Å². The maximum Gasteiger partial charge on any atom is 0.414 e. The molecule has 0 saturated carbocycles. The molecule has 1 aliphatic rings. The van der Waals surface area contributed by atoms with Gasteiger partial charge in [0.15, 0.2) is 0 Å². The summed E-state index contributed by atoms with van der Waals surface area (Å²) in [5, 5.41) is 22.1. The van der Waals surface area contributed by atoms with E-state index in [4.69, 9.17) is 4.74 Å². The summed E-state index contributed by atoms with van der Waals surface area (Å²) in [4.78, 5) is 13.1. The van der Waals surface area contributed by atoms with Crippen molar-refractivity contribution in [3.63, 3.8) is 0 Å². The van der Waals surface area contributed by atoms with E-state index in [0.717, 1.165) is 4.74 Å². The van der Waals surface area contributed by atoms with Gasteiger partial charge in [0.25, 0.3) is 0 Å². The summed E-state index contributed by atoms with van der Waals surface area (Å²) in [6.45, 7) is 3.86. The van der Waals surface area contributed by atoms with E-state index in [0.29, 0.717) is 20.0 Å². The van der Waals surface area contributed by atoms with Gasteiger partial charge in [-0.05, 0) is 44.0 Å². The average molecular weight is 474 g/mol. The van der Waals surface area contributed by atoms with Crippen LogP contribution in [0.1, 0.15) is 0 Å². The number of halogens is 2. The maximum absolute atomic E-state index is 11.9. The number of carbonyl (C=O) groups is 1. The van der Waals surface area contributed by atoms with Gasteiger partial charge in [-0.15, -0.1) is 0 Å². The molecular formula is C16H16Br2N3O4+.